The Kier molecular flexibility index (Phi) is 6.14. The van der Waals surface area contributed by atoms with Gasteiger partial charge >= 0.3 is 0 Å². The van der Waals surface area contributed by atoms with Crippen LogP contribution in [0.5, 0.6) is 5.75 Å². The molecule has 5 aromatic rings. The van der Waals surface area contributed by atoms with E-state index in [0.29, 0.717) is 33.5 Å². The van der Waals surface area contributed by atoms with Gasteiger partial charge < -0.3 is 9.72 Å². The molecule has 2 heterocycles. The van der Waals surface area contributed by atoms with Gasteiger partial charge in [-0.2, -0.15) is 0 Å². The van der Waals surface area contributed by atoms with E-state index in [1.165, 1.54) is 11.8 Å². The van der Waals surface area contributed by atoms with Crippen LogP contribution >= 0.6 is 11.8 Å². The lowest BCUT2D eigenvalue weighted by atomic mass is 10.1. The normalized spacial score (nSPS) is 11.1. The van der Waals surface area contributed by atoms with E-state index >= 15 is 0 Å². The van der Waals surface area contributed by atoms with Crippen LogP contribution in [0.15, 0.2) is 82.7 Å². The smallest absolute Gasteiger partial charge is 0.258 e. The molecule has 0 saturated heterocycles. The van der Waals surface area contributed by atoms with Gasteiger partial charge in [-0.1, -0.05) is 60.3 Å². The molecule has 8 heteroatoms. The van der Waals surface area contributed by atoms with Gasteiger partial charge in [-0.3, -0.25) is 9.36 Å². The number of fused-ring (bicyclic) bond motifs is 1. The SMILES string of the molecule is Cc1cccc(C)c1OCc1nnc(SCc2nc3ccccc3c(=O)[nH]2)n1-c1ccccc1. The van der Waals surface area contributed by atoms with Gasteiger partial charge in [0.15, 0.2) is 11.0 Å². The van der Waals surface area contributed by atoms with Crippen molar-refractivity contribution in [1.29, 1.82) is 0 Å². The molecule has 0 spiro atoms. The van der Waals surface area contributed by atoms with Crippen molar-refractivity contribution < 1.29 is 4.74 Å². The molecule has 0 aliphatic carbocycles. The molecule has 0 aliphatic rings. The third-order valence-corrected chi connectivity index (χ3v) is 6.41. The Hall–Kier alpha value is -3.91. The summed E-state index contributed by atoms with van der Waals surface area (Å²) in [5.74, 6) is 2.58. The van der Waals surface area contributed by atoms with E-state index in [0.717, 1.165) is 22.6 Å². The fourth-order valence-electron chi connectivity index (χ4n) is 3.82. The minimum Gasteiger partial charge on any atom is -0.485 e. The fourth-order valence-corrected chi connectivity index (χ4v) is 4.66. The van der Waals surface area contributed by atoms with Gasteiger partial charge in [0.05, 0.1) is 16.7 Å². The number of hydrogen-bond acceptors (Lipinski definition) is 6. The lowest BCUT2D eigenvalue weighted by Gasteiger charge is -2.13. The van der Waals surface area contributed by atoms with Crippen molar-refractivity contribution in [2.24, 2.45) is 0 Å². The predicted molar refractivity (Wildman–Crippen MR) is 134 cm³/mol. The monoisotopic (exact) mass is 469 g/mol. The van der Waals surface area contributed by atoms with E-state index < -0.39 is 0 Å². The summed E-state index contributed by atoms with van der Waals surface area (Å²) in [7, 11) is 0. The van der Waals surface area contributed by atoms with E-state index in [1.54, 1.807) is 6.07 Å². The highest BCUT2D eigenvalue weighted by Crippen LogP contribution is 2.27. The molecule has 0 amide bonds. The first-order valence-electron chi connectivity index (χ1n) is 10.9. The molecule has 5 rings (SSSR count). The number of aromatic nitrogens is 5. The van der Waals surface area contributed by atoms with Crippen molar-refractivity contribution in [1.82, 2.24) is 24.7 Å². The van der Waals surface area contributed by atoms with Crippen molar-refractivity contribution in [2.45, 2.75) is 31.4 Å². The van der Waals surface area contributed by atoms with Crippen LogP contribution in [0.1, 0.15) is 22.8 Å². The summed E-state index contributed by atoms with van der Waals surface area (Å²) in [6.07, 6.45) is 0. The Balaban J connectivity index is 1.43. The number of para-hydroxylation sites is 3. The van der Waals surface area contributed by atoms with E-state index in [4.69, 9.17) is 4.74 Å². The van der Waals surface area contributed by atoms with Crippen LogP contribution in [-0.2, 0) is 12.4 Å². The van der Waals surface area contributed by atoms with Gasteiger partial charge in [-0.05, 0) is 49.2 Å². The average Bonchev–Trinajstić information content (AvgIpc) is 3.26. The van der Waals surface area contributed by atoms with Crippen LogP contribution in [0.3, 0.4) is 0 Å². The van der Waals surface area contributed by atoms with Crippen molar-refractivity contribution in [3.8, 4) is 11.4 Å². The van der Waals surface area contributed by atoms with Crippen LogP contribution in [0.4, 0.5) is 0 Å². The van der Waals surface area contributed by atoms with Crippen molar-refractivity contribution in [3.05, 3.63) is 106 Å². The van der Waals surface area contributed by atoms with Crippen LogP contribution in [0.2, 0.25) is 0 Å². The van der Waals surface area contributed by atoms with Crippen LogP contribution < -0.4 is 10.3 Å². The van der Waals surface area contributed by atoms with Gasteiger partial charge in [-0.25, -0.2) is 4.98 Å². The summed E-state index contributed by atoms with van der Waals surface area (Å²) in [4.78, 5) is 19.9. The van der Waals surface area contributed by atoms with E-state index in [2.05, 4.69) is 20.2 Å². The molecule has 1 N–H and O–H groups in total. The maximum Gasteiger partial charge on any atom is 0.258 e. The highest BCUT2D eigenvalue weighted by molar-refractivity contribution is 7.98. The molecule has 3 aromatic carbocycles. The number of aromatic amines is 1. The molecule has 0 saturated carbocycles. The molecule has 2 aromatic heterocycles. The lowest BCUT2D eigenvalue weighted by molar-refractivity contribution is 0.289. The molecule has 0 radical (unpaired) electrons. The van der Waals surface area contributed by atoms with Crippen LogP contribution in [0.25, 0.3) is 16.6 Å². The Morgan fingerprint density at radius 1 is 0.912 bits per heavy atom. The number of H-pyrrole nitrogens is 1. The molecule has 170 valence electrons. The topological polar surface area (TPSA) is 85.7 Å². The zero-order valence-corrected chi connectivity index (χ0v) is 19.7. The summed E-state index contributed by atoms with van der Waals surface area (Å²) in [5.41, 5.74) is 3.62. The number of rotatable bonds is 7. The van der Waals surface area contributed by atoms with E-state index in [-0.39, 0.29) is 12.2 Å². The Morgan fingerprint density at radius 3 is 2.44 bits per heavy atom. The zero-order valence-electron chi connectivity index (χ0n) is 18.9. The highest BCUT2D eigenvalue weighted by atomic mass is 32.2. The predicted octanol–water partition coefficient (Wildman–Crippen LogP) is 4.99. The molecular formula is C26H23N5O2S. The first kappa shape index (κ1) is 21.9. The number of benzene rings is 3. The van der Waals surface area contributed by atoms with E-state index in [1.807, 2.05) is 85.1 Å². The number of nitrogens with one attached hydrogen (secondary N) is 1. The Bertz CT molecular complexity index is 1490. The third kappa shape index (κ3) is 4.45. The summed E-state index contributed by atoms with van der Waals surface area (Å²) in [5, 5.41) is 10.1. The Morgan fingerprint density at radius 2 is 1.65 bits per heavy atom. The minimum atomic E-state index is -0.145. The minimum absolute atomic E-state index is 0.145. The van der Waals surface area contributed by atoms with Gasteiger partial charge in [0.1, 0.15) is 18.2 Å². The first-order chi connectivity index (χ1) is 16.6. The summed E-state index contributed by atoms with van der Waals surface area (Å²) < 4.78 is 8.15. The molecule has 34 heavy (non-hydrogen) atoms. The number of aryl methyl sites for hydroxylation is 2. The summed E-state index contributed by atoms with van der Waals surface area (Å²) in [6.45, 7) is 4.34. The molecular weight excluding hydrogens is 446 g/mol. The second-order valence-electron chi connectivity index (χ2n) is 7.90. The van der Waals surface area contributed by atoms with Crippen molar-refractivity contribution >= 4 is 22.7 Å². The van der Waals surface area contributed by atoms with Crippen LogP contribution in [0, 0.1) is 13.8 Å². The second kappa shape index (κ2) is 9.52. The quantitative estimate of drug-likeness (QED) is 0.338. The second-order valence-corrected chi connectivity index (χ2v) is 8.84. The van der Waals surface area contributed by atoms with Gasteiger partial charge in [0, 0.05) is 5.69 Å². The maximum absolute atomic E-state index is 12.4. The number of ether oxygens (including phenoxy) is 1. The van der Waals surface area contributed by atoms with Crippen molar-refractivity contribution in [2.75, 3.05) is 0 Å². The zero-order chi connectivity index (χ0) is 23.5. The van der Waals surface area contributed by atoms with Gasteiger partial charge in [-0.15, -0.1) is 10.2 Å². The average molecular weight is 470 g/mol. The van der Waals surface area contributed by atoms with Gasteiger partial charge in [0.25, 0.3) is 5.56 Å². The number of hydrogen-bond donors (Lipinski definition) is 1. The largest absolute Gasteiger partial charge is 0.485 e. The molecule has 0 atom stereocenters. The number of thioether (sulfide) groups is 1. The summed E-state index contributed by atoms with van der Waals surface area (Å²) in [6, 6.07) is 23.3. The standard InChI is InChI=1S/C26H23N5O2S/c1-17-9-8-10-18(2)24(17)33-15-23-29-30-26(31(23)19-11-4-3-5-12-19)34-16-22-27-21-14-7-6-13-20(21)25(32)28-22/h3-14H,15-16H2,1-2H3,(H,27,28,32). The highest BCUT2D eigenvalue weighted by Gasteiger charge is 2.17. The maximum atomic E-state index is 12.4. The van der Waals surface area contributed by atoms with Gasteiger partial charge in [0.2, 0.25) is 0 Å². The van der Waals surface area contributed by atoms with E-state index in [9.17, 15) is 4.79 Å². The number of nitrogens with zero attached hydrogens (tertiary/aromatic N) is 4. The molecule has 7 nitrogen and oxygen atoms in total. The first-order valence-corrected chi connectivity index (χ1v) is 11.9. The molecule has 0 unspecified atom stereocenters. The fraction of sp³-hybridized carbons (Fsp3) is 0.154. The molecule has 0 bridgehead atoms. The molecule has 0 aliphatic heterocycles. The third-order valence-electron chi connectivity index (χ3n) is 5.47. The summed E-state index contributed by atoms with van der Waals surface area (Å²) >= 11 is 1.46. The molecule has 0 fully saturated rings. The Labute approximate surface area is 200 Å². The van der Waals surface area contributed by atoms with Crippen LogP contribution in [-0.4, -0.2) is 24.7 Å². The van der Waals surface area contributed by atoms with Crippen molar-refractivity contribution in [3.63, 3.8) is 0 Å². The lowest BCUT2D eigenvalue weighted by Crippen LogP contribution is -2.11.